The van der Waals surface area contributed by atoms with Crippen LogP contribution >= 0.6 is 11.6 Å². The van der Waals surface area contributed by atoms with Crippen LogP contribution in [0.4, 0.5) is 0 Å². The molecule has 15 heavy (non-hydrogen) atoms. The van der Waals surface area contributed by atoms with E-state index < -0.39 is 0 Å². The van der Waals surface area contributed by atoms with Crippen molar-refractivity contribution < 1.29 is 14.6 Å². The van der Waals surface area contributed by atoms with Gasteiger partial charge in [-0.25, -0.2) is 0 Å². The fraction of sp³-hybridized carbons (Fsp3) is 0.455. The predicted molar refractivity (Wildman–Crippen MR) is 57.9 cm³/mol. The van der Waals surface area contributed by atoms with Gasteiger partial charge in [-0.05, 0) is 6.07 Å². The minimum absolute atomic E-state index is 0.0257. The Balaban J connectivity index is 2.48. The maximum atomic E-state index is 9.13. The van der Waals surface area contributed by atoms with Crippen molar-refractivity contribution in [2.75, 3.05) is 19.8 Å². The Bertz CT molecular complexity index is 365. The Morgan fingerprint density at radius 1 is 1.33 bits per heavy atom. The van der Waals surface area contributed by atoms with Gasteiger partial charge in [-0.15, -0.1) is 0 Å². The summed E-state index contributed by atoms with van der Waals surface area (Å²) in [6, 6.07) is 3.65. The molecule has 0 aromatic heterocycles. The molecule has 1 aromatic rings. The number of hydrogen-bond acceptors (Lipinski definition) is 3. The molecule has 4 heteroatoms. The van der Waals surface area contributed by atoms with Gasteiger partial charge in [-0.3, -0.25) is 0 Å². The fourth-order valence-electron chi connectivity index (χ4n) is 1.61. The number of aliphatic hydroxyl groups excluding tert-OH is 1. The van der Waals surface area contributed by atoms with Crippen LogP contribution in [0.5, 0.6) is 11.5 Å². The highest BCUT2D eigenvalue weighted by Crippen LogP contribution is 2.42. The van der Waals surface area contributed by atoms with Crippen molar-refractivity contribution in [3.05, 3.63) is 22.7 Å². The second-order valence-electron chi connectivity index (χ2n) is 3.58. The van der Waals surface area contributed by atoms with E-state index in [1.54, 1.807) is 6.07 Å². The zero-order chi connectivity index (χ0) is 10.8. The first-order valence-corrected chi connectivity index (χ1v) is 5.30. The molecule has 0 spiro atoms. The van der Waals surface area contributed by atoms with Gasteiger partial charge in [0.15, 0.2) is 11.5 Å². The molecule has 0 saturated heterocycles. The largest absolute Gasteiger partial charge is 0.486 e. The number of halogens is 1. The Morgan fingerprint density at radius 3 is 2.67 bits per heavy atom. The Morgan fingerprint density at radius 2 is 2.00 bits per heavy atom. The highest BCUT2D eigenvalue weighted by molar-refractivity contribution is 6.32. The molecular formula is C11H13ClO3. The molecule has 0 fully saturated rings. The summed E-state index contributed by atoms with van der Waals surface area (Å²) in [5.74, 6) is 1.30. The molecule has 1 N–H and O–H groups in total. The van der Waals surface area contributed by atoms with E-state index >= 15 is 0 Å². The van der Waals surface area contributed by atoms with E-state index in [9.17, 15) is 0 Å². The lowest BCUT2D eigenvalue weighted by Crippen LogP contribution is -2.18. The lowest BCUT2D eigenvalue weighted by Gasteiger charge is -2.23. The average molecular weight is 229 g/mol. The minimum Gasteiger partial charge on any atom is -0.486 e. The van der Waals surface area contributed by atoms with Crippen LogP contribution in [-0.4, -0.2) is 24.9 Å². The molecule has 1 aliphatic rings. The third kappa shape index (κ3) is 1.90. The molecular weight excluding hydrogens is 216 g/mol. The zero-order valence-electron chi connectivity index (χ0n) is 8.50. The van der Waals surface area contributed by atoms with E-state index in [0.717, 1.165) is 5.56 Å². The number of hydrogen-bond donors (Lipinski definition) is 1. The molecule has 82 valence electrons. The van der Waals surface area contributed by atoms with Crippen LogP contribution in [-0.2, 0) is 0 Å². The molecule has 1 atom stereocenters. The van der Waals surface area contributed by atoms with Gasteiger partial charge in [0.25, 0.3) is 0 Å². The normalized spacial score (nSPS) is 16.2. The summed E-state index contributed by atoms with van der Waals surface area (Å²) in [5.41, 5.74) is 0.941. The van der Waals surface area contributed by atoms with E-state index in [0.29, 0.717) is 29.7 Å². The molecule has 0 amide bonds. The number of aliphatic hydroxyl groups is 1. The summed E-state index contributed by atoms with van der Waals surface area (Å²) in [5, 5.41) is 9.68. The van der Waals surface area contributed by atoms with E-state index in [1.165, 1.54) is 0 Å². The van der Waals surface area contributed by atoms with Gasteiger partial charge >= 0.3 is 0 Å². The van der Waals surface area contributed by atoms with Crippen molar-refractivity contribution >= 4 is 11.6 Å². The van der Waals surface area contributed by atoms with E-state index in [-0.39, 0.29) is 12.5 Å². The first kappa shape index (κ1) is 10.6. The van der Waals surface area contributed by atoms with Gasteiger partial charge in [0.2, 0.25) is 0 Å². The second kappa shape index (κ2) is 4.29. The Kier molecular flexibility index (Phi) is 3.03. The van der Waals surface area contributed by atoms with Crippen molar-refractivity contribution in [2.45, 2.75) is 12.8 Å². The van der Waals surface area contributed by atoms with Gasteiger partial charge in [-0.2, -0.15) is 0 Å². The number of benzene rings is 1. The summed E-state index contributed by atoms with van der Waals surface area (Å²) in [6.45, 7) is 3.06. The van der Waals surface area contributed by atoms with Crippen molar-refractivity contribution in [3.8, 4) is 11.5 Å². The summed E-state index contributed by atoms with van der Waals surface area (Å²) < 4.78 is 11.0. The quantitative estimate of drug-likeness (QED) is 0.844. The molecule has 0 saturated carbocycles. The highest BCUT2D eigenvalue weighted by Gasteiger charge is 2.21. The monoisotopic (exact) mass is 228 g/mol. The topological polar surface area (TPSA) is 38.7 Å². The van der Waals surface area contributed by atoms with Gasteiger partial charge in [0, 0.05) is 18.1 Å². The number of rotatable bonds is 2. The highest BCUT2D eigenvalue weighted by atomic mass is 35.5. The molecule has 0 radical (unpaired) electrons. The van der Waals surface area contributed by atoms with Crippen molar-refractivity contribution in [3.63, 3.8) is 0 Å². The van der Waals surface area contributed by atoms with Gasteiger partial charge in [0.05, 0.1) is 5.02 Å². The van der Waals surface area contributed by atoms with Crippen molar-refractivity contribution in [1.29, 1.82) is 0 Å². The molecule has 3 nitrogen and oxygen atoms in total. The lowest BCUT2D eigenvalue weighted by molar-refractivity contribution is 0.167. The van der Waals surface area contributed by atoms with Crippen molar-refractivity contribution in [2.24, 2.45) is 0 Å². The van der Waals surface area contributed by atoms with Gasteiger partial charge in [-0.1, -0.05) is 24.6 Å². The minimum atomic E-state index is 0.0257. The first-order chi connectivity index (χ1) is 7.24. The van der Waals surface area contributed by atoms with Crippen LogP contribution in [0.25, 0.3) is 0 Å². The summed E-state index contributed by atoms with van der Waals surface area (Å²) in [4.78, 5) is 0. The number of fused-ring (bicyclic) bond motifs is 1. The molecule has 1 aliphatic heterocycles. The van der Waals surface area contributed by atoms with Crippen LogP contribution in [0.15, 0.2) is 12.1 Å². The molecule has 1 heterocycles. The maximum Gasteiger partial charge on any atom is 0.180 e. The van der Waals surface area contributed by atoms with Gasteiger partial charge in [0.1, 0.15) is 13.2 Å². The van der Waals surface area contributed by atoms with Crippen LogP contribution in [0.1, 0.15) is 18.4 Å². The third-order valence-corrected chi connectivity index (χ3v) is 2.77. The smallest absolute Gasteiger partial charge is 0.180 e. The summed E-state index contributed by atoms with van der Waals surface area (Å²) in [6.07, 6.45) is 0. The molecule has 1 unspecified atom stereocenters. The zero-order valence-corrected chi connectivity index (χ0v) is 9.25. The second-order valence-corrected chi connectivity index (χ2v) is 3.98. The lowest BCUT2D eigenvalue weighted by atomic mass is 10.0. The molecule has 0 bridgehead atoms. The molecule has 0 aliphatic carbocycles. The SMILES string of the molecule is CC(CO)c1ccc(Cl)c2c1OCCO2. The first-order valence-electron chi connectivity index (χ1n) is 4.93. The van der Waals surface area contributed by atoms with Crippen LogP contribution in [0.3, 0.4) is 0 Å². The fourth-order valence-corrected chi connectivity index (χ4v) is 1.81. The Labute approximate surface area is 93.6 Å². The van der Waals surface area contributed by atoms with Crippen LogP contribution in [0.2, 0.25) is 5.02 Å². The average Bonchev–Trinajstić information content (AvgIpc) is 2.29. The molecule has 2 rings (SSSR count). The molecule has 1 aromatic carbocycles. The van der Waals surface area contributed by atoms with E-state index in [2.05, 4.69) is 0 Å². The Hall–Kier alpha value is -0.930. The third-order valence-electron chi connectivity index (χ3n) is 2.48. The van der Waals surface area contributed by atoms with Gasteiger partial charge < -0.3 is 14.6 Å². The van der Waals surface area contributed by atoms with Crippen molar-refractivity contribution in [1.82, 2.24) is 0 Å². The van der Waals surface area contributed by atoms with Crippen LogP contribution in [0, 0.1) is 0 Å². The van der Waals surface area contributed by atoms with E-state index in [4.69, 9.17) is 26.2 Å². The standard InChI is InChI=1S/C11H13ClO3/c1-7(6-13)8-2-3-9(12)11-10(8)14-4-5-15-11/h2-3,7,13H,4-6H2,1H3. The van der Waals surface area contributed by atoms with E-state index in [1.807, 2.05) is 13.0 Å². The summed E-state index contributed by atoms with van der Waals surface area (Å²) >= 11 is 5.99. The maximum absolute atomic E-state index is 9.13. The predicted octanol–water partition coefficient (Wildman–Crippen LogP) is 2.21. The van der Waals surface area contributed by atoms with Crippen LogP contribution < -0.4 is 9.47 Å². The number of ether oxygens (including phenoxy) is 2. The summed E-state index contributed by atoms with van der Waals surface area (Å²) in [7, 11) is 0.